The van der Waals surface area contributed by atoms with Gasteiger partial charge < -0.3 is 5.32 Å². The van der Waals surface area contributed by atoms with Gasteiger partial charge in [0.2, 0.25) is 0 Å². The third-order valence-corrected chi connectivity index (χ3v) is 4.46. The summed E-state index contributed by atoms with van der Waals surface area (Å²) in [4.78, 5) is 4.02. The van der Waals surface area contributed by atoms with E-state index >= 15 is 0 Å². The Morgan fingerprint density at radius 1 is 1.38 bits per heavy atom. The van der Waals surface area contributed by atoms with E-state index in [9.17, 15) is 4.21 Å². The van der Waals surface area contributed by atoms with Crippen molar-refractivity contribution in [2.75, 3.05) is 11.5 Å². The monoisotopic (exact) mass is 238 g/mol. The van der Waals surface area contributed by atoms with E-state index in [2.05, 4.69) is 17.2 Å². The molecule has 0 radical (unpaired) electrons. The van der Waals surface area contributed by atoms with Gasteiger partial charge in [0, 0.05) is 46.8 Å². The molecule has 16 heavy (non-hydrogen) atoms. The Bertz CT molecular complexity index is 345. The number of hydrogen-bond acceptors (Lipinski definition) is 3. The minimum atomic E-state index is -0.570. The lowest BCUT2D eigenvalue weighted by molar-refractivity contribution is 0.427. The van der Waals surface area contributed by atoms with Crippen LogP contribution in [0, 0.1) is 0 Å². The van der Waals surface area contributed by atoms with Crippen LogP contribution in [0.25, 0.3) is 0 Å². The zero-order chi connectivity index (χ0) is 11.4. The van der Waals surface area contributed by atoms with E-state index in [4.69, 9.17) is 0 Å². The first kappa shape index (κ1) is 11.7. The third kappa shape index (κ3) is 3.12. The Morgan fingerprint density at radius 2 is 2.00 bits per heavy atom. The van der Waals surface area contributed by atoms with Gasteiger partial charge in [0.25, 0.3) is 0 Å². The molecule has 4 heteroatoms. The molecule has 1 aromatic heterocycles. The van der Waals surface area contributed by atoms with E-state index in [0.717, 1.165) is 24.3 Å². The lowest BCUT2D eigenvalue weighted by Crippen LogP contribution is -2.37. The summed E-state index contributed by atoms with van der Waals surface area (Å²) < 4.78 is 11.2. The van der Waals surface area contributed by atoms with Crippen LogP contribution < -0.4 is 5.32 Å². The molecule has 0 amide bonds. The minimum absolute atomic E-state index is 0.347. The van der Waals surface area contributed by atoms with E-state index < -0.39 is 10.8 Å². The van der Waals surface area contributed by atoms with Crippen molar-refractivity contribution in [3.63, 3.8) is 0 Å². The molecule has 1 aliphatic heterocycles. The molecule has 0 spiro atoms. The number of rotatable bonds is 3. The normalized spacial score (nSPS) is 27.6. The van der Waals surface area contributed by atoms with E-state index in [0.29, 0.717) is 12.1 Å². The average Bonchev–Trinajstić information content (AvgIpc) is 2.33. The van der Waals surface area contributed by atoms with Gasteiger partial charge in [0.05, 0.1) is 0 Å². The van der Waals surface area contributed by atoms with Crippen LogP contribution in [0.1, 0.15) is 31.4 Å². The fourth-order valence-electron chi connectivity index (χ4n) is 2.06. The van der Waals surface area contributed by atoms with Crippen LogP contribution in [0.3, 0.4) is 0 Å². The van der Waals surface area contributed by atoms with Gasteiger partial charge in [-0.2, -0.15) is 0 Å². The Kier molecular flexibility index (Phi) is 4.07. The molecule has 2 heterocycles. The van der Waals surface area contributed by atoms with Crippen LogP contribution in [0.2, 0.25) is 0 Å². The Labute approximate surface area is 99.1 Å². The summed E-state index contributed by atoms with van der Waals surface area (Å²) >= 11 is 0. The van der Waals surface area contributed by atoms with E-state index in [-0.39, 0.29) is 0 Å². The largest absolute Gasteiger partial charge is 0.307 e. The quantitative estimate of drug-likeness (QED) is 0.870. The van der Waals surface area contributed by atoms with Crippen LogP contribution >= 0.6 is 0 Å². The highest BCUT2D eigenvalue weighted by Crippen LogP contribution is 2.16. The molecule has 1 aromatic rings. The molecule has 1 N–H and O–H groups in total. The molecule has 0 aliphatic carbocycles. The van der Waals surface area contributed by atoms with Crippen molar-refractivity contribution in [1.82, 2.24) is 10.3 Å². The van der Waals surface area contributed by atoms with Gasteiger partial charge in [-0.25, -0.2) is 0 Å². The summed E-state index contributed by atoms with van der Waals surface area (Å²) in [5.41, 5.74) is 1.27. The van der Waals surface area contributed by atoms with Gasteiger partial charge >= 0.3 is 0 Å². The average molecular weight is 238 g/mol. The summed E-state index contributed by atoms with van der Waals surface area (Å²) in [6.07, 6.45) is 5.71. The Hall–Kier alpha value is -0.740. The fourth-order valence-corrected chi connectivity index (χ4v) is 3.36. The molecule has 88 valence electrons. The molecule has 1 aliphatic rings. The topological polar surface area (TPSA) is 42.0 Å². The van der Waals surface area contributed by atoms with Crippen molar-refractivity contribution in [1.29, 1.82) is 0 Å². The van der Waals surface area contributed by atoms with Crippen molar-refractivity contribution in [3.05, 3.63) is 30.1 Å². The molecule has 0 aromatic carbocycles. The lowest BCUT2D eigenvalue weighted by atomic mass is 10.1. The summed E-state index contributed by atoms with van der Waals surface area (Å²) in [5, 5.41) is 3.59. The van der Waals surface area contributed by atoms with Gasteiger partial charge in [-0.3, -0.25) is 9.19 Å². The van der Waals surface area contributed by atoms with Crippen LogP contribution in [0.5, 0.6) is 0 Å². The van der Waals surface area contributed by atoms with Crippen LogP contribution in [-0.2, 0) is 10.8 Å². The lowest BCUT2D eigenvalue weighted by Gasteiger charge is -2.26. The number of aromatic nitrogens is 1. The third-order valence-electron chi connectivity index (χ3n) is 3.08. The molecule has 3 nitrogen and oxygen atoms in total. The predicted molar refractivity (Wildman–Crippen MR) is 66.7 cm³/mol. The maximum absolute atomic E-state index is 11.2. The maximum atomic E-state index is 11.2. The van der Waals surface area contributed by atoms with Crippen LogP contribution in [0.15, 0.2) is 24.5 Å². The van der Waals surface area contributed by atoms with Crippen molar-refractivity contribution >= 4 is 10.8 Å². The van der Waals surface area contributed by atoms with E-state index in [1.54, 1.807) is 0 Å². The fraction of sp³-hybridized carbons (Fsp3) is 0.583. The molecular weight excluding hydrogens is 220 g/mol. The number of nitrogens with one attached hydrogen (secondary N) is 1. The summed E-state index contributed by atoms with van der Waals surface area (Å²) in [7, 11) is -0.570. The molecule has 1 fully saturated rings. The zero-order valence-electron chi connectivity index (χ0n) is 9.56. The Balaban J connectivity index is 1.88. The maximum Gasteiger partial charge on any atom is 0.0295 e. The van der Waals surface area contributed by atoms with Crippen molar-refractivity contribution in [2.45, 2.75) is 31.8 Å². The van der Waals surface area contributed by atoms with Crippen molar-refractivity contribution in [3.8, 4) is 0 Å². The Morgan fingerprint density at radius 3 is 2.62 bits per heavy atom. The summed E-state index contributed by atoms with van der Waals surface area (Å²) in [5.74, 6) is 1.70. The first-order valence-corrected chi connectivity index (χ1v) is 7.25. The van der Waals surface area contributed by atoms with E-state index in [1.807, 2.05) is 24.5 Å². The molecule has 1 saturated heterocycles. The summed E-state index contributed by atoms with van der Waals surface area (Å²) in [6, 6.07) is 4.94. The first-order valence-electron chi connectivity index (χ1n) is 5.76. The van der Waals surface area contributed by atoms with Crippen molar-refractivity contribution < 1.29 is 4.21 Å². The SMILES string of the molecule is CC(NC1CCS(=O)CC1)c1ccncc1. The molecule has 1 atom stereocenters. The number of pyridine rings is 1. The van der Waals surface area contributed by atoms with Gasteiger partial charge in [-0.15, -0.1) is 0 Å². The second-order valence-corrected chi connectivity index (χ2v) is 5.99. The number of hydrogen-bond donors (Lipinski definition) is 1. The van der Waals surface area contributed by atoms with Crippen LogP contribution in [0.4, 0.5) is 0 Å². The highest BCUT2D eigenvalue weighted by atomic mass is 32.2. The second kappa shape index (κ2) is 5.55. The first-order chi connectivity index (χ1) is 7.75. The highest BCUT2D eigenvalue weighted by Gasteiger charge is 2.19. The van der Waals surface area contributed by atoms with Gasteiger partial charge in [-0.05, 0) is 37.5 Å². The predicted octanol–water partition coefficient (Wildman–Crippen LogP) is 1.64. The zero-order valence-corrected chi connectivity index (χ0v) is 10.4. The van der Waals surface area contributed by atoms with Crippen molar-refractivity contribution in [2.24, 2.45) is 0 Å². The standard InChI is InChI=1S/C12H18N2OS/c1-10(11-2-6-13-7-3-11)14-12-4-8-16(15)9-5-12/h2-3,6-7,10,12,14H,4-5,8-9H2,1H3. The van der Waals surface area contributed by atoms with Crippen LogP contribution in [-0.4, -0.2) is 26.7 Å². The number of nitrogens with zero attached hydrogens (tertiary/aromatic N) is 1. The molecule has 2 rings (SSSR count). The minimum Gasteiger partial charge on any atom is -0.307 e. The smallest absolute Gasteiger partial charge is 0.0295 e. The summed E-state index contributed by atoms with van der Waals surface area (Å²) in [6.45, 7) is 2.17. The molecule has 1 unspecified atom stereocenters. The van der Waals surface area contributed by atoms with E-state index in [1.165, 1.54) is 5.56 Å². The van der Waals surface area contributed by atoms with Gasteiger partial charge in [0.15, 0.2) is 0 Å². The van der Waals surface area contributed by atoms with Gasteiger partial charge in [-0.1, -0.05) is 0 Å². The molecule has 0 saturated carbocycles. The second-order valence-electron chi connectivity index (χ2n) is 4.29. The van der Waals surface area contributed by atoms with Gasteiger partial charge in [0.1, 0.15) is 0 Å². The highest BCUT2D eigenvalue weighted by molar-refractivity contribution is 7.85. The molecular formula is C12H18N2OS. The molecule has 0 bridgehead atoms.